The number of nitrogens with one attached hydrogen (secondary N) is 1. The minimum Gasteiger partial charge on any atom is -0.366 e. The molecule has 8 heteroatoms. The van der Waals surface area contributed by atoms with Gasteiger partial charge in [-0.2, -0.15) is 5.10 Å². The lowest BCUT2D eigenvalue weighted by Gasteiger charge is -2.12. The van der Waals surface area contributed by atoms with Crippen molar-refractivity contribution < 1.29 is 14.0 Å². The minimum atomic E-state index is -0.596. The molecule has 0 unspecified atom stereocenters. The number of carbonyl (C=O) groups excluding carboxylic acids is 2. The average molecular weight is 389 g/mol. The Hall–Kier alpha value is -4.20. The first-order valence-corrected chi connectivity index (χ1v) is 8.72. The first-order valence-electron chi connectivity index (χ1n) is 8.72. The maximum absolute atomic E-state index is 14.4. The summed E-state index contributed by atoms with van der Waals surface area (Å²) >= 11 is 0. The molecule has 3 N–H and O–H groups in total. The van der Waals surface area contributed by atoms with Crippen LogP contribution in [0.1, 0.15) is 20.7 Å². The van der Waals surface area contributed by atoms with Crippen LogP contribution in [0.25, 0.3) is 11.5 Å². The Balaban J connectivity index is 1.76. The van der Waals surface area contributed by atoms with Crippen LogP contribution in [0.2, 0.25) is 0 Å². The number of para-hydroxylation sites is 1. The molecule has 0 atom stereocenters. The lowest BCUT2D eigenvalue weighted by Crippen LogP contribution is -2.16. The van der Waals surface area contributed by atoms with Gasteiger partial charge in [0.25, 0.3) is 5.91 Å². The van der Waals surface area contributed by atoms with Gasteiger partial charge in [0, 0.05) is 23.6 Å². The molecule has 0 saturated carbocycles. The fourth-order valence-electron chi connectivity index (χ4n) is 2.97. The molecule has 2 aromatic heterocycles. The number of nitrogens with two attached hydrogens (primary N) is 1. The maximum atomic E-state index is 14.4. The highest BCUT2D eigenvalue weighted by molar-refractivity contribution is 6.07. The molecule has 0 aliphatic carbocycles. The summed E-state index contributed by atoms with van der Waals surface area (Å²) in [6.07, 6.45) is 4.84. The number of benzene rings is 2. The van der Waals surface area contributed by atoms with Crippen molar-refractivity contribution in [2.45, 2.75) is 0 Å². The van der Waals surface area contributed by atoms with Crippen LogP contribution < -0.4 is 11.1 Å². The number of aromatic nitrogens is 3. The Bertz CT molecular complexity index is 1200. The molecule has 0 aliphatic heterocycles. The monoisotopic (exact) mass is 389 g/mol. The molecule has 29 heavy (non-hydrogen) atoms. The van der Waals surface area contributed by atoms with E-state index >= 15 is 0 Å². The number of anilines is 1. The average Bonchev–Trinajstić information content (AvgIpc) is 3.38. The fraction of sp³-hybridized carbons (Fsp3) is 0. The number of hydrogen-bond donors (Lipinski definition) is 2. The van der Waals surface area contributed by atoms with Gasteiger partial charge in [-0.15, -0.1) is 0 Å². The van der Waals surface area contributed by atoms with E-state index in [2.05, 4.69) is 10.4 Å². The summed E-state index contributed by atoms with van der Waals surface area (Å²) in [5, 5.41) is 6.96. The number of rotatable bonds is 5. The highest BCUT2D eigenvalue weighted by Gasteiger charge is 2.21. The summed E-state index contributed by atoms with van der Waals surface area (Å²) in [5.41, 5.74) is 6.41. The van der Waals surface area contributed by atoms with E-state index in [-0.39, 0.29) is 16.8 Å². The quantitative estimate of drug-likeness (QED) is 0.549. The van der Waals surface area contributed by atoms with Crippen LogP contribution in [-0.4, -0.2) is 26.2 Å². The van der Waals surface area contributed by atoms with E-state index in [1.54, 1.807) is 65.5 Å². The van der Waals surface area contributed by atoms with Gasteiger partial charge in [-0.1, -0.05) is 18.2 Å². The lowest BCUT2D eigenvalue weighted by molar-refractivity contribution is 0.0996. The zero-order chi connectivity index (χ0) is 20.4. The number of carbonyl (C=O) groups is 2. The van der Waals surface area contributed by atoms with Crippen LogP contribution in [0, 0.1) is 5.82 Å². The van der Waals surface area contributed by atoms with E-state index in [1.807, 2.05) is 0 Å². The molecule has 0 bridgehead atoms. The summed E-state index contributed by atoms with van der Waals surface area (Å²) in [4.78, 5) is 24.3. The molecule has 4 rings (SSSR count). The van der Waals surface area contributed by atoms with Crippen molar-refractivity contribution in [3.8, 4) is 11.5 Å². The highest BCUT2D eigenvalue weighted by atomic mass is 19.1. The Labute approximate surface area is 165 Å². The summed E-state index contributed by atoms with van der Waals surface area (Å²) in [7, 11) is 0. The highest BCUT2D eigenvalue weighted by Crippen LogP contribution is 2.23. The molecule has 0 aliphatic rings. The third-order valence-electron chi connectivity index (χ3n) is 4.32. The van der Waals surface area contributed by atoms with Gasteiger partial charge in [0.2, 0.25) is 5.91 Å². The van der Waals surface area contributed by atoms with E-state index in [0.717, 1.165) is 0 Å². The molecular formula is C21H16FN5O2. The normalized spacial score (nSPS) is 10.7. The maximum Gasteiger partial charge on any atom is 0.261 e. The van der Waals surface area contributed by atoms with Crippen LogP contribution in [0.3, 0.4) is 0 Å². The van der Waals surface area contributed by atoms with Crippen molar-refractivity contribution >= 4 is 17.5 Å². The van der Waals surface area contributed by atoms with Gasteiger partial charge in [-0.05, 0) is 42.5 Å². The van der Waals surface area contributed by atoms with Crippen LogP contribution in [0.4, 0.5) is 10.1 Å². The largest absolute Gasteiger partial charge is 0.366 e. The van der Waals surface area contributed by atoms with Crippen molar-refractivity contribution in [1.82, 2.24) is 14.3 Å². The molecular weight excluding hydrogens is 373 g/mol. The standard InChI is InChI=1S/C21H16FN5O2/c22-17-8-1-2-9-18(17)27-21(26-10-3-4-11-26)16(13-24-27)20(29)25-15-7-5-6-14(12-15)19(23)28/h1-13H,(H2,23,28)(H,25,29). The van der Waals surface area contributed by atoms with Crippen molar-refractivity contribution in [2.75, 3.05) is 5.32 Å². The second kappa shape index (κ2) is 7.43. The summed E-state index contributed by atoms with van der Waals surface area (Å²) in [6.45, 7) is 0. The van der Waals surface area contributed by atoms with Gasteiger partial charge in [-0.25, -0.2) is 9.07 Å². The van der Waals surface area contributed by atoms with Gasteiger partial charge < -0.3 is 15.6 Å². The molecule has 0 radical (unpaired) electrons. The first-order chi connectivity index (χ1) is 14.0. The number of nitrogens with zero attached hydrogens (tertiary/aromatic N) is 3. The molecule has 2 aromatic carbocycles. The fourth-order valence-corrected chi connectivity index (χ4v) is 2.97. The summed E-state index contributed by atoms with van der Waals surface area (Å²) in [5.74, 6) is -1.15. The Morgan fingerprint density at radius 2 is 1.76 bits per heavy atom. The summed E-state index contributed by atoms with van der Waals surface area (Å²) in [6, 6.07) is 16.0. The predicted octanol–water partition coefficient (Wildman–Crippen LogP) is 3.15. The number of primary amides is 1. The molecule has 4 aromatic rings. The van der Waals surface area contributed by atoms with Gasteiger partial charge in [0.1, 0.15) is 17.1 Å². The number of hydrogen-bond acceptors (Lipinski definition) is 3. The summed E-state index contributed by atoms with van der Waals surface area (Å²) < 4.78 is 17.4. The van der Waals surface area contributed by atoms with E-state index in [1.165, 1.54) is 23.0 Å². The van der Waals surface area contributed by atoms with Gasteiger partial charge >= 0.3 is 0 Å². The smallest absolute Gasteiger partial charge is 0.261 e. The molecule has 0 fully saturated rings. The number of amides is 2. The van der Waals surface area contributed by atoms with E-state index in [0.29, 0.717) is 11.5 Å². The van der Waals surface area contributed by atoms with Gasteiger partial charge in [-0.3, -0.25) is 9.59 Å². The Morgan fingerprint density at radius 1 is 1.00 bits per heavy atom. The van der Waals surface area contributed by atoms with Gasteiger partial charge in [0.05, 0.1) is 6.20 Å². The van der Waals surface area contributed by atoms with Crippen LogP contribution in [0.5, 0.6) is 0 Å². The molecule has 144 valence electrons. The third kappa shape index (κ3) is 3.51. The van der Waals surface area contributed by atoms with Crippen molar-refractivity contribution in [3.05, 3.63) is 96.2 Å². The van der Waals surface area contributed by atoms with Crippen molar-refractivity contribution in [2.24, 2.45) is 5.73 Å². The molecule has 0 spiro atoms. The Morgan fingerprint density at radius 3 is 2.48 bits per heavy atom. The predicted molar refractivity (Wildman–Crippen MR) is 106 cm³/mol. The second-order valence-corrected chi connectivity index (χ2v) is 6.23. The van der Waals surface area contributed by atoms with Crippen molar-refractivity contribution in [3.63, 3.8) is 0 Å². The van der Waals surface area contributed by atoms with Crippen LogP contribution in [0.15, 0.2) is 79.3 Å². The van der Waals surface area contributed by atoms with Crippen LogP contribution >= 0.6 is 0 Å². The Kier molecular flexibility index (Phi) is 4.66. The van der Waals surface area contributed by atoms with E-state index in [9.17, 15) is 14.0 Å². The van der Waals surface area contributed by atoms with Crippen LogP contribution in [-0.2, 0) is 0 Å². The topological polar surface area (TPSA) is 94.9 Å². The molecule has 2 amide bonds. The van der Waals surface area contributed by atoms with E-state index in [4.69, 9.17) is 5.73 Å². The lowest BCUT2D eigenvalue weighted by atomic mass is 10.2. The van der Waals surface area contributed by atoms with Crippen molar-refractivity contribution in [1.29, 1.82) is 0 Å². The second-order valence-electron chi connectivity index (χ2n) is 6.23. The van der Waals surface area contributed by atoms with E-state index < -0.39 is 17.6 Å². The molecule has 2 heterocycles. The minimum absolute atomic E-state index is 0.214. The molecule has 7 nitrogen and oxygen atoms in total. The zero-order valence-corrected chi connectivity index (χ0v) is 15.1. The number of halogens is 1. The first kappa shape index (κ1) is 18.2. The molecule has 0 saturated heterocycles. The zero-order valence-electron chi connectivity index (χ0n) is 15.1. The van der Waals surface area contributed by atoms with Gasteiger partial charge in [0.15, 0.2) is 5.82 Å². The third-order valence-corrected chi connectivity index (χ3v) is 4.32. The SMILES string of the molecule is NC(=O)c1cccc(NC(=O)c2cnn(-c3ccccc3F)c2-n2cccc2)c1.